The zero-order chi connectivity index (χ0) is 18.2. The molecule has 0 saturated heterocycles. The van der Waals surface area contributed by atoms with Gasteiger partial charge in [-0.15, -0.1) is 0 Å². The van der Waals surface area contributed by atoms with E-state index in [0.29, 0.717) is 16.9 Å². The number of carbonyl (C=O) groups excluding carboxylic acids is 1. The quantitative estimate of drug-likeness (QED) is 0.486. The number of hydrogen-bond donors (Lipinski definition) is 1. The highest BCUT2D eigenvalue weighted by molar-refractivity contribution is 5.77. The Kier molecular flexibility index (Phi) is 6.14. The van der Waals surface area contributed by atoms with Crippen molar-refractivity contribution >= 4 is 6.29 Å². The Balaban J connectivity index is 1.80. The molecule has 0 radical (unpaired) electrons. The largest absolute Gasteiger partial charge is 0.461 e. The van der Waals surface area contributed by atoms with Gasteiger partial charge >= 0.3 is 0 Å². The highest BCUT2D eigenvalue weighted by atomic mass is 16.7. The third-order valence-electron chi connectivity index (χ3n) is 3.95. The maximum atomic E-state index is 11.4. The minimum Gasteiger partial charge on any atom is -0.461 e. The van der Waals surface area contributed by atoms with E-state index in [1.165, 1.54) is 0 Å². The molecule has 2 unspecified atom stereocenters. The van der Waals surface area contributed by atoms with E-state index < -0.39 is 12.4 Å². The van der Waals surface area contributed by atoms with Crippen molar-refractivity contribution in [2.45, 2.75) is 12.4 Å². The molecule has 0 heterocycles. The number of carbonyl (C=O) groups is 1. The minimum atomic E-state index is -0.808. The Labute approximate surface area is 152 Å². The Morgan fingerprint density at radius 2 is 1.46 bits per heavy atom. The third-order valence-corrected chi connectivity index (χ3v) is 3.95. The summed E-state index contributed by atoms with van der Waals surface area (Å²) in [6.07, 6.45) is -0.827. The number of hydrogen-bond acceptors (Lipinski definition) is 4. The second-order valence-electron chi connectivity index (χ2n) is 5.77. The van der Waals surface area contributed by atoms with Gasteiger partial charge in [-0.05, 0) is 17.7 Å². The summed E-state index contributed by atoms with van der Waals surface area (Å²) in [5, 5.41) is 10.4. The molecular formula is C22H20O4. The molecular weight excluding hydrogens is 328 g/mol. The molecule has 0 aliphatic heterocycles. The van der Waals surface area contributed by atoms with Crippen LogP contribution in [0, 0.1) is 0 Å². The van der Waals surface area contributed by atoms with E-state index in [9.17, 15) is 9.90 Å². The molecule has 0 aliphatic rings. The van der Waals surface area contributed by atoms with Crippen LogP contribution in [0.5, 0.6) is 5.75 Å². The van der Waals surface area contributed by atoms with Crippen LogP contribution in [0.2, 0.25) is 0 Å². The summed E-state index contributed by atoms with van der Waals surface area (Å²) in [5.41, 5.74) is 1.86. The number of aldehydes is 1. The van der Waals surface area contributed by atoms with Crippen molar-refractivity contribution < 1.29 is 19.4 Å². The smallest absolute Gasteiger partial charge is 0.227 e. The molecule has 4 heteroatoms. The normalized spacial score (nSPS) is 13.0. The molecule has 26 heavy (non-hydrogen) atoms. The van der Waals surface area contributed by atoms with Crippen LogP contribution in [-0.2, 0) is 4.74 Å². The van der Waals surface area contributed by atoms with Crippen molar-refractivity contribution in [2.24, 2.45) is 0 Å². The van der Waals surface area contributed by atoms with Crippen molar-refractivity contribution in [3.05, 3.63) is 102 Å². The maximum Gasteiger partial charge on any atom is 0.227 e. The maximum absolute atomic E-state index is 11.4. The molecule has 0 amide bonds. The van der Waals surface area contributed by atoms with Crippen molar-refractivity contribution in [1.82, 2.24) is 0 Å². The molecule has 3 aromatic rings. The first-order valence-electron chi connectivity index (χ1n) is 8.38. The molecule has 2 atom stereocenters. The van der Waals surface area contributed by atoms with Crippen LogP contribution in [0.3, 0.4) is 0 Å². The number of ether oxygens (including phenoxy) is 2. The second-order valence-corrected chi connectivity index (χ2v) is 5.77. The van der Waals surface area contributed by atoms with E-state index in [2.05, 4.69) is 0 Å². The molecule has 0 spiro atoms. The van der Waals surface area contributed by atoms with Gasteiger partial charge in [0.05, 0.1) is 6.61 Å². The van der Waals surface area contributed by atoms with Crippen LogP contribution in [-0.4, -0.2) is 18.0 Å². The van der Waals surface area contributed by atoms with Crippen LogP contribution >= 0.6 is 0 Å². The third kappa shape index (κ3) is 4.57. The lowest BCUT2D eigenvalue weighted by molar-refractivity contribution is -0.109. The van der Waals surface area contributed by atoms with Gasteiger partial charge in [-0.2, -0.15) is 0 Å². The number of para-hydroxylation sites is 1. The highest BCUT2D eigenvalue weighted by Gasteiger charge is 2.20. The topological polar surface area (TPSA) is 55.8 Å². The molecule has 4 nitrogen and oxygen atoms in total. The number of aliphatic hydroxyl groups excluding tert-OH is 1. The van der Waals surface area contributed by atoms with Gasteiger partial charge in [0, 0.05) is 11.1 Å². The van der Waals surface area contributed by atoms with Crippen molar-refractivity contribution in [3.63, 3.8) is 0 Å². The molecule has 1 N–H and O–H groups in total. The van der Waals surface area contributed by atoms with E-state index in [-0.39, 0.29) is 6.61 Å². The van der Waals surface area contributed by atoms with Crippen LogP contribution in [0.25, 0.3) is 0 Å². The number of rotatable bonds is 8. The second kappa shape index (κ2) is 8.94. The van der Waals surface area contributed by atoms with Gasteiger partial charge in [0.15, 0.2) is 6.29 Å². The molecule has 0 saturated carbocycles. The van der Waals surface area contributed by atoms with Gasteiger partial charge < -0.3 is 14.6 Å². The summed E-state index contributed by atoms with van der Waals surface area (Å²) in [6.45, 7) is 0.0364. The number of aliphatic hydroxyl groups is 1. The van der Waals surface area contributed by atoms with Gasteiger partial charge in [-0.1, -0.05) is 72.8 Å². The molecule has 132 valence electrons. The first-order chi connectivity index (χ1) is 12.8. The predicted octanol–water partition coefficient (Wildman–Crippen LogP) is 4.33. The Morgan fingerprint density at radius 1 is 0.846 bits per heavy atom. The molecule has 0 fully saturated rings. The van der Waals surface area contributed by atoms with Crippen LogP contribution in [0.15, 0.2) is 84.9 Å². The lowest BCUT2D eigenvalue weighted by Gasteiger charge is -2.23. The van der Waals surface area contributed by atoms with Crippen LogP contribution in [0.4, 0.5) is 0 Å². The van der Waals surface area contributed by atoms with Crippen molar-refractivity contribution in [2.75, 3.05) is 6.61 Å². The first kappa shape index (κ1) is 17.9. The van der Waals surface area contributed by atoms with E-state index in [4.69, 9.17) is 9.47 Å². The Morgan fingerprint density at radius 3 is 2.15 bits per heavy atom. The van der Waals surface area contributed by atoms with Crippen molar-refractivity contribution in [3.8, 4) is 5.75 Å². The fourth-order valence-electron chi connectivity index (χ4n) is 2.59. The highest BCUT2D eigenvalue weighted by Crippen LogP contribution is 2.26. The van der Waals surface area contributed by atoms with Gasteiger partial charge in [-0.3, -0.25) is 4.79 Å². The predicted molar refractivity (Wildman–Crippen MR) is 99.0 cm³/mol. The Hall–Kier alpha value is -2.95. The zero-order valence-corrected chi connectivity index (χ0v) is 14.2. The lowest BCUT2D eigenvalue weighted by Crippen LogP contribution is -2.18. The summed E-state index contributed by atoms with van der Waals surface area (Å²) in [5.74, 6) is 0.618. The molecule has 0 bridgehead atoms. The molecule has 0 aliphatic carbocycles. The SMILES string of the molecule is O=Cc1ccccc1C(OCC(O)c1ccccc1)Oc1ccccc1. The van der Waals surface area contributed by atoms with Crippen LogP contribution < -0.4 is 4.74 Å². The van der Waals surface area contributed by atoms with Gasteiger partial charge in [-0.25, -0.2) is 0 Å². The van der Waals surface area contributed by atoms with E-state index in [0.717, 1.165) is 11.8 Å². The van der Waals surface area contributed by atoms with E-state index in [1.54, 1.807) is 18.2 Å². The minimum absolute atomic E-state index is 0.0364. The summed E-state index contributed by atoms with van der Waals surface area (Å²) < 4.78 is 11.8. The number of benzene rings is 3. The summed E-state index contributed by atoms with van der Waals surface area (Å²) in [6, 6.07) is 25.6. The standard InChI is InChI=1S/C22H20O4/c23-15-18-11-7-8-14-20(18)22(26-19-12-5-2-6-13-19)25-16-21(24)17-9-3-1-4-10-17/h1-15,21-22,24H,16H2. The molecule has 3 rings (SSSR count). The molecule has 3 aromatic carbocycles. The van der Waals surface area contributed by atoms with E-state index in [1.807, 2.05) is 66.7 Å². The summed E-state index contributed by atoms with van der Waals surface area (Å²) in [7, 11) is 0. The lowest BCUT2D eigenvalue weighted by atomic mass is 10.1. The van der Waals surface area contributed by atoms with Gasteiger partial charge in [0.25, 0.3) is 0 Å². The van der Waals surface area contributed by atoms with Crippen molar-refractivity contribution in [1.29, 1.82) is 0 Å². The first-order valence-corrected chi connectivity index (χ1v) is 8.38. The summed E-state index contributed by atoms with van der Waals surface area (Å²) >= 11 is 0. The fraction of sp³-hybridized carbons (Fsp3) is 0.136. The van der Waals surface area contributed by atoms with E-state index >= 15 is 0 Å². The molecule has 0 aromatic heterocycles. The monoisotopic (exact) mass is 348 g/mol. The average molecular weight is 348 g/mol. The van der Waals surface area contributed by atoms with Gasteiger partial charge in [0.2, 0.25) is 6.29 Å². The summed E-state index contributed by atoms with van der Waals surface area (Å²) in [4.78, 5) is 11.4. The Bertz CT molecular complexity index is 818. The van der Waals surface area contributed by atoms with Gasteiger partial charge in [0.1, 0.15) is 11.9 Å². The fourth-order valence-corrected chi connectivity index (χ4v) is 2.59. The van der Waals surface area contributed by atoms with Crippen LogP contribution in [0.1, 0.15) is 33.9 Å². The average Bonchev–Trinajstić information content (AvgIpc) is 2.72. The zero-order valence-electron chi connectivity index (χ0n) is 14.2.